The Bertz CT molecular complexity index is 1230. The number of carboxylic acid groups (broad SMARTS) is 1. The zero-order valence-corrected chi connectivity index (χ0v) is 19.9. The van der Waals surface area contributed by atoms with Gasteiger partial charge in [0.15, 0.2) is 0 Å². The number of piperidine rings is 1. The molecule has 3 heterocycles. The molecule has 0 atom stereocenters. The average Bonchev–Trinajstić information content (AvgIpc) is 3.06. The maximum atomic E-state index is 12.1. The van der Waals surface area contributed by atoms with Crippen LogP contribution in [0.5, 0.6) is 17.4 Å². The van der Waals surface area contributed by atoms with Gasteiger partial charge in [0.25, 0.3) is 0 Å². The molecule has 2 aromatic carbocycles. The van der Waals surface area contributed by atoms with Crippen LogP contribution in [0.15, 0.2) is 72.9 Å². The SMILES string of the molecule is COc1cccc2c1C/C(=C/CCN1CCC(C(=O)[O-])(c3ccccc3)CC1)c1cccnc1O2. The van der Waals surface area contributed by atoms with E-state index in [2.05, 4.69) is 16.0 Å². The molecule has 0 radical (unpaired) electrons. The molecule has 6 nitrogen and oxygen atoms in total. The fraction of sp³-hybridized carbons (Fsp3) is 0.310. The number of likely N-dealkylation sites (tertiary alicyclic amines) is 1. The molecule has 2 aliphatic heterocycles. The van der Waals surface area contributed by atoms with E-state index in [-0.39, 0.29) is 0 Å². The fourth-order valence-electron chi connectivity index (χ4n) is 5.24. The summed E-state index contributed by atoms with van der Waals surface area (Å²) in [5.74, 6) is 1.20. The van der Waals surface area contributed by atoms with Crippen LogP contribution in [0, 0.1) is 0 Å². The molecule has 0 aliphatic carbocycles. The predicted molar refractivity (Wildman–Crippen MR) is 132 cm³/mol. The molecule has 3 aromatic rings. The molecule has 1 saturated heterocycles. The molecule has 0 N–H and O–H groups in total. The number of fused-ring (bicyclic) bond motifs is 2. The van der Waals surface area contributed by atoms with Gasteiger partial charge in [-0.3, -0.25) is 0 Å². The quantitative estimate of drug-likeness (QED) is 0.543. The first-order valence-corrected chi connectivity index (χ1v) is 12.1. The normalized spacial score (nSPS) is 18.1. The van der Waals surface area contributed by atoms with Gasteiger partial charge in [0.2, 0.25) is 5.88 Å². The molecule has 1 aromatic heterocycles. The topological polar surface area (TPSA) is 74.7 Å². The number of allylic oxidation sites excluding steroid dienone is 1. The largest absolute Gasteiger partial charge is 0.549 e. The van der Waals surface area contributed by atoms with Crippen LogP contribution >= 0.6 is 0 Å². The first-order chi connectivity index (χ1) is 17.1. The van der Waals surface area contributed by atoms with Crippen molar-refractivity contribution >= 4 is 11.5 Å². The van der Waals surface area contributed by atoms with Crippen molar-refractivity contribution in [2.45, 2.75) is 31.1 Å². The second-order valence-electron chi connectivity index (χ2n) is 9.17. The van der Waals surface area contributed by atoms with Crippen LogP contribution in [0.1, 0.15) is 36.0 Å². The highest BCUT2D eigenvalue weighted by Gasteiger charge is 2.37. The van der Waals surface area contributed by atoms with Gasteiger partial charge in [-0.25, -0.2) is 4.98 Å². The summed E-state index contributed by atoms with van der Waals surface area (Å²) in [6, 6.07) is 19.3. The fourth-order valence-corrected chi connectivity index (χ4v) is 5.24. The van der Waals surface area contributed by atoms with Gasteiger partial charge in [-0.2, -0.15) is 0 Å². The summed E-state index contributed by atoms with van der Waals surface area (Å²) in [7, 11) is 1.67. The van der Waals surface area contributed by atoms with Crippen LogP contribution in [-0.2, 0) is 16.6 Å². The number of benzene rings is 2. The lowest BCUT2D eigenvalue weighted by molar-refractivity contribution is -0.315. The van der Waals surface area contributed by atoms with Crippen molar-refractivity contribution in [3.05, 3.63) is 89.6 Å². The van der Waals surface area contributed by atoms with E-state index in [1.54, 1.807) is 13.3 Å². The van der Waals surface area contributed by atoms with Gasteiger partial charge in [0.05, 0.1) is 13.1 Å². The van der Waals surface area contributed by atoms with E-state index in [0.717, 1.165) is 59.8 Å². The summed E-state index contributed by atoms with van der Waals surface area (Å²) in [5.41, 5.74) is 3.10. The first kappa shape index (κ1) is 23.1. The number of hydrogen-bond donors (Lipinski definition) is 0. The van der Waals surface area contributed by atoms with Crippen molar-refractivity contribution in [3.8, 4) is 17.4 Å². The van der Waals surface area contributed by atoms with Crippen LogP contribution < -0.4 is 14.6 Å². The Labute approximate surface area is 205 Å². The van der Waals surface area contributed by atoms with Crippen LogP contribution in [0.3, 0.4) is 0 Å². The molecule has 0 spiro atoms. The number of nitrogens with zero attached hydrogens (tertiary/aromatic N) is 2. The molecule has 0 unspecified atom stereocenters. The average molecular weight is 470 g/mol. The second-order valence-corrected chi connectivity index (χ2v) is 9.17. The number of carbonyl (C=O) groups excluding carboxylic acids is 1. The first-order valence-electron chi connectivity index (χ1n) is 12.1. The van der Waals surface area contributed by atoms with Crippen molar-refractivity contribution in [1.29, 1.82) is 0 Å². The zero-order valence-electron chi connectivity index (χ0n) is 19.9. The number of rotatable bonds is 6. The Kier molecular flexibility index (Phi) is 6.55. The van der Waals surface area contributed by atoms with E-state index in [9.17, 15) is 9.90 Å². The van der Waals surface area contributed by atoms with Gasteiger partial charge in [-0.15, -0.1) is 0 Å². The van der Waals surface area contributed by atoms with E-state index < -0.39 is 11.4 Å². The summed E-state index contributed by atoms with van der Waals surface area (Å²) in [6.45, 7) is 2.31. The van der Waals surface area contributed by atoms with E-state index >= 15 is 0 Å². The van der Waals surface area contributed by atoms with Crippen molar-refractivity contribution in [2.24, 2.45) is 0 Å². The van der Waals surface area contributed by atoms with Crippen molar-refractivity contribution in [3.63, 3.8) is 0 Å². The lowest BCUT2D eigenvalue weighted by atomic mass is 9.73. The van der Waals surface area contributed by atoms with Gasteiger partial charge < -0.3 is 24.3 Å². The molecule has 1 fully saturated rings. The summed E-state index contributed by atoms with van der Waals surface area (Å²) in [5, 5.41) is 12.1. The van der Waals surface area contributed by atoms with Crippen LogP contribution in [0.4, 0.5) is 0 Å². The highest BCUT2D eigenvalue weighted by atomic mass is 16.5. The van der Waals surface area contributed by atoms with E-state index in [0.29, 0.717) is 25.1 Å². The molecular formula is C29H29N2O4-. The maximum Gasteiger partial charge on any atom is 0.226 e. The second kappa shape index (κ2) is 9.92. The van der Waals surface area contributed by atoms with E-state index in [1.807, 2.05) is 60.7 Å². The Morgan fingerprint density at radius 3 is 2.66 bits per heavy atom. The van der Waals surface area contributed by atoms with Gasteiger partial charge in [0.1, 0.15) is 11.5 Å². The molecule has 6 heteroatoms. The predicted octanol–water partition coefficient (Wildman–Crippen LogP) is 4.00. The molecule has 5 rings (SSSR count). The van der Waals surface area contributed by atoms with Gasteiger partial charge in [-0.1, -0.05) is 42.5 Å². The lowest BCUT2D eigenvalue weighted by Crippen LogP contribution is -2.52. The lowest BCUT2D eigenvalue weighted by Gasteiger charge is -2.43. The monoisotopic (exact) mass is 469 g/mol. The van der Waals surface area contributed by atoms with Crippen molar-refractivity contribution in [1.82, 2.24) is 9.88 Å². The number of aromatic nitrogens is 1. The summed E-state index contributed by atoms with van der Waals surface area (Å²) in [6.07, 6.45) is 6.65. The van der Waals surface area contributed by atoms with Gasteiger partial charge >= 0.3 is 0 Å². The van der Waals surface area contributed by atoms with Gasteiger partial charge in [-0.05, 0) is 67.8 Å². The standard InChI is InChI=1S/C29H30N2O4/c1-34-25-12-5-13-26-24(25)20-21(23-11-6-16-30-27(23)35-26)8-7-17-31-18-14-29(15-19-31,28(32)33)22-9-3-2-4-10-22/h2-6,8-13,16H,7,14-15,17-20H2,1H3,(H,32,33)/p-1/b21-8-. The minimum absolute atomic E-state index is 0.557. The third-order valence-corrected chi connectivity index (χ3v) is 7.26. The number of carbonyl (C=O) groups is 1. The van der Waals surface area contributed by atoms with Crippen molar-refractivity contribution in [2.75, 3.05) is 26.7 Å². The Hall–Kier alpha value is -3.64. The van der Waals surface area contributed by atoms with Crippen molar-refractivity contribution < 1.29 is 19.4 Å². The zero-order chi connectivity index (χ0) is 24.3. The third-order valence-electron chi connectivity index (χ3n) is 7.26. The molecule has 0 bridgehead atoms. The highest BCUT2D eigenvalue weighted by molar-refractivity contribution is 5.79. The minimum atomic E-state index is -0.972. The number of carboxylic acids is 1. The van der Waals surface area contributed by atoms with E-state index in [1.165, 1.54) is 0 Å². The number of hydrogen-bond acceptors (Lipinski definition) is 6. The summed E-state index contributed by atoms with van der Waals surface area (Å²) >= 11 is 0. The number of aliphatic carboxylic acids is 1. The Balaban J connectivity index is 1.31. The Morgan fingerprint density at radius 2 is 1.91 bits per heavy atom. The molecule has 0 saturated carbocycles. The van der Waals surface area contributed by atoms with Crippen LogP contribution in [-0.4, -0.2) is 42.6 Å². The third kappa shape index (κ3) is 4.54. The minimum Gasteiger partial charge on any atom is -0.549 e. The van der Waals surface area contributed by atoms with Crippen LogP contribution in [0.2, 0.25) is 0 Å². The number of methoxy groups -OCH3 is 1. The highest BCUT2D eigenvalue weighted by Crippen LogP contribution is 2.41. The molecule has 180 valence electrons. The maximum absolute atomic E-state index is 12.1. The smallest absolute Gasteiger partial charge is 0.226 e. The summed E-state index contributed by atoms with van der Waals surface area (Å²) in [4.78, 5) is 18.9. The Morgan fingerprint density at radius 1 is 1.11 bits per heavy atom. The van der Waals surface area contributed by atoms with Gasteiger partial charge in [0, 0.05) is 35.7 Å². The molecule has 35 heavy (non-hydrogen) atoms. The van der Waals surface area contributed by atoms with Crippen LogP contribution in [0.25, 0.3) is 5.57 Å². The number of ether oxygens (including phenoxy) is 2. The molecule has 0 amide bonds. The summed E-state index contributed by atoms with van der Waals surface area (Å²) < 4.78 is 11.8. The van der Waals surface area contributed by atoms with E-state index in [4.69, 9.17) is 9.47 Å². The molecular weight excluding hydrogens is 440 g/mol. The molecule has 2 aliphatic rings. The number of pyridine rings is 1.